The van der Waals surface area contributed by atoms with Gasteiger partial charge >= 0.3 is 0 Å². The number of benzene rings is 1. The fraction of sp³-hybridized carbons (Fsp3) is 0.562. The van der Waals surface area contributed by atoms with Crippen LogP contribution in [0.5, 0.6) is 0 Å². The zero-order valence-corrected chi connectivity index (χ0v) is 14.7. The molecule has 10 nitrogen and oxygen atoms in total. The van der Waals surface area contributed by atoms with Crippen LogP contribution in [-0.4, -0.2) is 50.2 Å². The standard InChI is InChI=1S/C16H22N8O2/c1-24(15-2-6-26-7-3-15)5-4-19-16(25)13-8-12(11-20-22-17)9-14(10-13)21-23-18/h8-10,15H,2-7,11H2,1H3,(H,19,25). The third-order valence-corrected chi connectivity index (χ3v) is 4.28. The minimum absolute atomic E-state index is 0.0814. The monoisotopic (exact) mass is 358 g/mol. The van der Waals surface area contributed by atoms with E-state index in [9.17, 15) is 4.79 Å². The summed E-state index contributed by atoms with van der Waals surface area (Å²) in [6.07, 6.45) is 2.00. The Hall–Kier alpha value is -2.77. The molecule has 1 aliphatic rings. The van der Waals surface area contributed by atoms with E-state index in [1.165, 1.54) is 6.07 Å². The molecule has 1 heterocycles. The van der Waals surface area contributed by atoms with E-state index < -0.39 is 0 Å². The van der Waals surface area contributed by atoms with E-state index in [0.717, 1.165) is 32.6 Å². The summed E-state index contributed by atoms with van der Waals surface area (Å²) in [6, 6.07) is 5.20. The van der Waals surface area contributed by atoms with Gasteiger partial charge in [-0.3, -0.25) is 4.79 Å². The summed E-state index contributed by atoms with van der Waals surface area (Å²) < 4.78 is 5.36. The van der Waals surface area contributed by atoms with Crippen molar-refractivity contribution in [3.05, 3.63) is 50.2 Å². The molecule has 0 radical (unpaired) electrons. The second-order valence-electron chi connectivity index (χ2n) is 6.05. The zero-order chi connectivity index (χ0) is 18.8. The van der Waals surface area contributed by atoms with Crippen LogP contribution in [0.2, 0.25) is 0 Å². The first-order valence-corrected chi connectivity index (χ1v) is 8.40. The Morgan fingerprint density at radius 1 is 1.31 bits per heavy atom. The smallest absolute Gasteiger partial charge is 0.251 e. The summed E-state index contributed by atoms with van der Waals surface area (Å²) in [5.41, 5.74) is 18.3. The van der Waals surface area contributed by atoms with Crippen molar-refractivity contribution >= 4 is 11.6 Å². The number of rotatable bonds is 8. The molecule has 0 atom stereocenters. The first kappa shape index (κ1) is 19.6. The Bertz CT molecular complexity index is 719. The number of carbonyl (C=O) groups excluding carboxylic acids is 1. The van der Waals surface area contributed by atoms with Gasteiger partial charge in [0.25, 0.3) is 5.91 Å². The van der Waals surface area contributed by atoms with Crippen molar-refractivity contribution in [1.29, 1.82) is 0 Å². The molecule has 138 valence electrons. The van der Waals surface area contributed by atoms with Crippen LogP contribution >= 0.6 is 0 Å². The molecule has 0 spiro atoms. The van der Waals surface area contributed by atoms with Crippen LogP contribution in [0.3, 0.4) is 0 Å². The summed E-state index contributed by atoms with van der Waals surface area (Å²) in [6.45, 7) is 2.88. The third kappa shape index (κ3) is 5.94. The summed E-state index contributed by atoms with van der Waals surface area (Å²) >= 11 is 0. The van der Waals surface area contributed by atoms with Crippen LogP contribution in [0, 0.1) is 0 Å². The van der Waals surface area contributed by atoms with Crippen LogP contribution in [-0.2, 0) is 11.3 Å². The lowest BCUT2D eigenvalue weighted by Crippen LogP contribution is -2.41. The van der Waals surface area contributed by atoms with Crippen LogP contribution in [0.15, 0.2) is 28.4 Å². The highest BCUT2D eigenvalue weighted by molar-refractivity contribution is 5.95. The minimum atomic E-state index is -0.262. The first-order chi connectivity index (χ1) is 12.6. The molecule has 1 fully saturated rings. The Kier molecular flexibility index (Phi) is 7.73. The fourth-order valence-electron chi connectivity index (χ4n) is 2.88. The van der Waals surface area contributed by atoms with Gasteiger partial charge in [0.15, 0.2) is 0 Å². The third-order valence-electron chi connectivity index (χ3n) is 4.28. The fourth-order valence-corrected chi connectivity index (χ4v) is 2.88. The Labute approximate surface area is 151 Å². The number of carbonyl (C=O) groups is 1. The maximum Gasteiger partial charge on any atom is 0.251 e. The van der Waals surface area contributed by atoms with Crippen LogP contribution in [0.1, 0.15) is 28.8 Å². The highest BCUT2D eigenvalue weighted by Crippen LogP contribution is 2.19. The second kappa shape index (κ2) is 10.3. The summed E-state index contributed by atoms with van der Waals surface area (Å²) in [7, 11) is 2.04. The van der Waals surface area contributed by atoms with Gasteiger partial charge in [-0.2, -0.15) is 0 Å². The molecule has 10 heteroatoms. The van der Waals surface area contributed by atoms with Gasteiger partial charge in [-0.15, -0.1) is 0 Å². The normalized spacial score (nSPS) is 14.4. The number of likely N-dealkylation sites (N-methyl/N-ethyl adjacent to an activating group) is 1. The molecule has 0 unspecified atom stereocenters. The van der Waals surface area contributed by atoms with Crippen molar-refractivity contribution < 1.29 is 9.53 Å². The van der Waals surface area contributed by atoms with Crippen molar-refractivity contribution in [3.63, 3.8) is 0 Å². The van der Waals surface area contributed by atoms with Crippen molar-refractivity contribution in [3.8, 4) is 0 Å². The minimum Gasteiger partial charge on any atom is -0.381 e. The summed E-state index contributed by atoms with van der Waals surface area (Å²) in [5, 5.41) is 9.88. The van der Waals surface area contributed by atoms with Gasteiger partial charge in [-0.1, -0.05) is 10.2 Å². The number of amides is 1. The molecule has 1 aromatic rings. The zero-order valence-electron chi connectivity index (χ0n) is 14.7. The van der Waals surface area contributed by atoms with E-state index in [-0.39, 0.29) is 12.5 Å². The SMILES string of the molecule is CN(CCNC(=O)c1cc(CN=[N+]=[N-])cc(N=[N+]=[N-])c1)C1CCOCC1. The molecule has 1 N–H and O–H groups in total. The maximum absolute atomic E-state index is 12.4. The van der Waals surface area contributed by atoms with Gasteiger partial charge in [-0.05, 0) is 54.7 Å². The quantitative estimate of drug-likeness (QED) is 0.433. The van der Waals surface area contributed by atoms with Crippen molar-refractivity contribution in [2.75, 3.05) is 33.4 Å². The Morgan fingerprint density at radius 2 is 2.08 bits per heavy atom. The summed E-state index contributed by atoms with van der Waals surface area (Å²) in [5.74, 6) is -0.262. The molecule has 0 aromatic heterocycles. The number of nitrogens with one attached hydrogen (secondary N) is 1. The lowest BCUT2D eigenvalue weighted by molar-refractivity contribution is 0.0432. The molecule has 1 aliphatic heterocycles. The molecule has 0 aliphatic carbocycles. The van der Waals surface area contributed by atoms with E-state index in [1.54, 1.807) is 12.1 Å². The van der Waals surface area contributed by atoms with Crippen LogP contribution < -0.4 is 5.32 Å². The van der Waals surface area contributed by atoms with E-state index in [4.69, 9.17) is 15.8 Å². The van der Waals surface area contributed by atoms with E-state index in [2.05, 4.69) is 30.3 Å². The average Bonchev–Trinajstić information content (AvgIpc) is 2.67. The largest absolute Gasteiger partial charge is 0.381 e. The highest BCUT2D eigenvalue weighted by Gasteiger charge is 2.18. The maximum atomic E-state index is 12.4. The second-order valence-corrected chi connectivity index (χ2v) is 6.05. The van der Waals surface area contributed by atoms with Gasteiger partial charge < -0.3 is 15.0 Å². The van der Waals surface area contributed by atoms with Crippen molar-refractivity contribution in [2.24, 2.45) is 10.2 Å². The molecular formula is C16H22N8O2. The van der Waals surface area contributed by atoms with Crippen LogP contribution in [0.4, 0.5) is 5.69 Å². The average molecular weight is 358 g/mol. The first-order valence-electron chi connectivity index (χ1n) is 8.40. The molecule has 0 saturated carbocycles. The van der Waals surface area contributed by atoms with E-state index in [1.807, 2.05) is 7.05 Å². The van der Waals surface area contributed by atoms with Gasteiger partial charge in [0, 0.05) is 53.4 Å². The number of hydrogen-bond donors (Lipinski definition) is 1. The molecule has 1 aromatic carbocycles. The number of nitrogens with zero attached hydrogens (tertiary/aromatic N) is 7. The number of azide groups is 2. The van der Waals surface area contributed by atoms with Gasteiger partial charge in [0.1, 0.15) is 0 Å². The Morgan fingerprint density at radius 3 is 2.77 bits per heavy atom. The molecule has 26 heavy (non-hydrogen) atoms. The Balaban J connectivity index is 1.95. The molecule has 2 rings (SSSR count). The number of ether oxygens (including phenoxy) is 1. The van der Waals surface area contributed by atoms with Gasteiger partial charge in [-0.25, -0.2) is 0 Å². The molecule has 0 bridgehead atoms. The lowest BCUT2D eigenvalue weighted by atomic mass is 10.1. The van der Waals surface area contributed by atoms with E-state index in [0.29, 0.717) is 29.4 Å². The highest BCUT2D eigenvalue weighted by atomic mass is 16.5. The van der Waals surface area contributed by atoms with Crippen molar-refractivity contribution in [2.45, 2.75) is 25.4 Å². The topological polar surface area (TPSA) is 139 Å². The molecule has 1 amide bonds. The van der Waals surface area contributed by atoms with Gasteiger partial charge in [0.05, 0.1) is 6.54 Å². The van der Waals surface area contributed by atoms with E-state index >= 15 is 0 Å². The summed E-state index contributed by atoms with van der Waals surface area (Å²) in [4.78, 5) is 20.1. The van der Waals surface area contributed by atoms with Crippen molar-refractivity contribution in [1.82, 2.24) is 10.2 Å². The predicted octanol–water partition coefficient (Wildman–Crippen LogP) is 3.28. The molecule has 1 saturated heterocycles. The van der Waals surface area contributed by atoms with Crippen LogP contribution in [0.25, 0.3) is 20.9 Å². The van der Waals surface area contributed by atoms with Gasteiger partial charge in [0.2, 0.25) is 0 Å². The number of hydrogen-bond acceptors (Lipinski definition) is 5. The lowest BCUT2D eigenvalue weighted by Gasteiger charge is -2.31. The molecular weight excluding hydrogens is 336 g/mol. The predicted molar refractivity (Wildman–Crippen MR) is 96.9 cm³/mol.